The van der Waals surface area contributed by atoms with E-state index >= 15 is 0 Å². The van der Waals surface area contributed by atoms with Crippen LogP contribution in [0.4, 0.5) is 0 Å². The first kappa shape index (κ1) is 15.1. The van der Waals surface area contributed by atoms with Gasteiger partial charge in [-0.05, 0) is 37.6 Å². The van der Waals surface area contributed by atoms with Crippen LogP contribution in [0.2, 0.25) is 0 Å². The van der Waals surface area contributed by atoms with Gasteiger partial charge in [0.25, 0.3) is 5.91 Å². The van der Waals surface area contributed by atoms with E-state index in [-0.39, 0.29) is 18.6 Å². The van der Waals surface area contributed by atoms with Gasteiger partial charge in [0.15, 0.2) is 0 Å². The normalized spacial score (nSPS) is 12.5. The number of hydrogen-bond acceptors (Lipinski definition) is 5. The molecule has 0 aliphatic heterocycles. The number of hydrogen-bond donors (Lipinski definition) is 2. The van der Waals surface area contributed by atoms with Crippen molar-refractivity contribution < 1.29 is 9.90 Å². The highest BCUT2D eigenvalue weighted by Gasteiger charge is 2.14. The zero-order valence-corrected chi connectivity index (χ0v) is 13.7. The Kier molecular flexibility index (Phi) is 4.52. The first-order chi connectivity index (χ1) is 10.7. The minimum absolute atomic E-state index is 0.0366. The van der Waals surface area contributed by atoms with Gasteiger partial charge in [0, 0.05) is 12.6 Å². The predicted molar refractivity (Wildman–Crippen MR) is 91.6 cm³/mol. The third-order valence-corrected chi connectivity index (χ3v) is 5.56. The molecule has 0 fully saturated rings. The monoisotopic (exact) mass is 332 g/mol. The zero-order chi connectivity index (χ0) is 15.5. The van der Waals surface area contributed by atoms with Crippen LogP contribution in [0.25, 0.3) is 20.1 Å². The summed E-state index contributed by atoms with van der Waals surface area (Å²) in [4.78, 5) is 18.4. The molecule has 1 aromatic carbocycles. The van der Waals surface area contributed by atoms with Crippen LogP contribution in [0.1, 0.15) is 23.0 Å². The SMILES string of the molecule is CC(CCO)NC(=O)c1ccc(-c2nc3ccccc3s2)s1. The molecule has 3 rings (SSSR count). The maximum atomic E-state index is 12.1. The standard InChI is InChI=1S/C16H16N2O2S2/c1-10(8-9-19)17-15(20)13-6-7-14(21-13)16-18-11-4-2-3-5-12(11)22-16/h2-7,10,19H,8-9H2,1H3,(H,17,20). The number of thiazole rings is 1. The summed E-state index contributed by atoms with van der Waals surface area (Å²) in [6, 6.07) is 11.7. The largest absolute Gasteiger partial charge is 0.396 e. The van der Waals surface area contributed by atoms with Crippen LogP contribution in [0.3, 0.4) is 0 Å². The molecule has 4 nitrogen and oxygen atoms in total. The number of rotatable bonds is 5. The van der Waals surface area contributed by atoms with E-state index in [1.807, 2.05) is 43.3 Å². The number of aromatic nitrogens is 1. The van der Waals surface area contributed by atoms with Crippen molar-refractivity contribution in [1.82, 2.24) is 10.3 Å². The Morgan fingerprint density at radius 1 is 1.27 bits per heavy atom. The van der Waals surface area contributed by atoms with Gasteiger partial charge in [-0.25, -0.2) is 4.98 Å². The molecule has 0 spiro atoms. The highest BCUT2D eigenvalue weighted by Crippen LogP contribution is 2.34. The minimum atomic E-state index is -0.0988. The smallest absolute Gasteiger partial charge is 0.261 e. The van der Waals surface area contributed by atoms with Crippen LogP contribution in [-0.4, -0.2) is 28.6 Å². The summed E-state index contributed by atoms with van der Waals surface area (Å²) in [6.45, 7) is 1.96. The van der Waals surface area contributed by atoms with Crippen molar-refractivity contribution in [2.75, 3.05) is 6.61 Å². The third-order valence-electron chi connectivity index (χ3n) is 3.27. The summed E-state index contributed by atoms with van der Waals surface area (Å²) in [7, 11) is 0. The van der Waals surface area contributed by atoms with E-state index in [2.05, 4.69) is 10.3 Å². The van der Waals surface area contributed by atoms with Crippen LogP contribution in [0, 0.1) is 0 Å². The van der Waals surface area contributed by atoms with Gasteiger partial charge >= 0.3 is 0 Å². The molecular weight excluding hydrogens is 316 g/mol. The molecule has 114 valence electrons. The van der Waals surface area contributed by atoms with Crippen LogP contribution < -0.4 is 5.32 Å². The van der Waals surface area contributed by atoms with Gasteiger partial charge in [-0.2, -0.15) is 0 Å². The van der Waals surface area contributed by atoms with Crippen LogP contribution in [0.15, 0.2) is 36.4 Å². The Balaban J connectivity index is 1.79. The lowest BCUT2D eigenvalue weighted by Crippen LogP contribution is -2.32. The first-order valence-corrected chi connectivity index (χ1v) is 8.68. The molecule has 0 saturated carbocycles. The second-order valence-corrected chi connectivity index (χ2v) is 7.15. The van der Waals surface area contributed by atoms with E-state index in [1.165, 1.54) is 11.3 Å². The Labute approximate surface area is 136 Å². The molecule has 1 unspecified atom stereocenters. The molecule has 0 bridgehead atoms. The van der Waals surface area contributed by atoms with E-state index in [4.69, 9.17) is 5.11 Å². The molecule has 3 aromatic rings. The molecule has 6 heteroatoms. The molecule has 0 radical (unpaired) electrons. The van der Waals surface area contributed by atoms with Crippen molar-refractivity contribution in [3.8, 4) is 9.88 Å². The van der Waals surface area contributed by atoms with Gasteiger partial charge in [-0.1, -0.05) is 12.1 Å². The molecule has 22 heavy (non-hydrogen) atoms. The van der Waals surface area contributed by atoms with E-state index < -0.39 is 0 Å². The molecule has 0 aliphatic rings. The topological polar surface area (TPSA) is 62.2 Å². The van der Waals surface area contributed by atoms with Gasteiger partial charge in [-0.3, -0.25) is 4.79 Å². The summed E-state index contributed by atoms with van der Waals surface area (Å²) in [5.74, 6) is -0.0988. The summed E-state index contributed by atoms with van der Waals surface area (Å²) >= 11 is 3.07. The molecular formula is C16H16N2O2S2. The summed E-state index contributed by atoms with van der Waals surface area (Å²) in [5.41, 5.74) is 0.985. The third kappa shape index (κ3) is 3.19. The molecule has 0 saturated heterocycles. The Morgan fingerprint density at radius 3 is 2.86 bits per heavy atom. The van der Waals surface area contributed by atoms with Gasteiger partial charge in [-0.15, -0.1) is 22.7 Å². The molecule has 1 atom stereocenters. The Bertz CT molecular complexity index is 761. The quantitative estimate of drug-likeness (QED) is 0.751. The van der Waals surface area contributed by atoms with Crippen molar-refractivity contribution in [1.29, 1.82) is 0 Å². The second kappa shape index (κ2) is 6.56. The van der Waals surface area contributed by atoms with Crippen LogP contribution >= 0.6 is 22.7 Å². The average Bonchev–Trinajstić information content (AvgIpc) is 3.14. The van der Waals surface area contributed by atoms with Crippen molar-refractivity contribution in [3.05, 3.63) is 41.3 Å². The number of nitrogens with zero attached hydrogens (tertiary/aromatic N) is 1. The van der Waals surface area contributed by atoms with E-state index in [0.29, 0.717) is 11.3 Å². The fraction of sp³-hybridized carbons (Fsp3) is 0.250. The summed E-state index contributed by atoms with van der Waals surface area (Å²) < 4.78 is 1.15. The number of aliphatic hydroxyl groups excluding tert-OH is 1. The lowest BCUT2D eigenvalue weighted by molar-refractivity contribution is 0.0938. The highest BCUT2D eigenvalue weighted by atomic mass is 32.1. The minimum Gasteiger partial charge on any atom is -0.396 e. The number of nitrogens with one attached hydrogen (secondary N) is 1. The van der Waals surface area contributed by atoms with Crippen LogP contribution in [-0.2, 0) is 0 Å². The number of fused-ring (bicyclic) bond motifs is 1. The number of thiophene rings is 1. The molecule has 0 aliphatic carbocycles. The number of para-hydroxylation sites is 1. The Morgan fingerprint density at radius 2 is 2.09 bits per heavy atom. The van der Waals surface area contributed by atoms with Crippen molar-refractivity contribution >= 4 is 38.8 Å². The van der Waals surface area contributed by atoms with E-state index in [1.54, 1.807) is 11.3 Å². The molecule has 2 aromatic heterocycles. The number of carbonyl (C=O) groups excluding carboxylic acids is 1. The van der Waals surface area contributed by atoms with Crippen molar-refractivity contribution in [2.45, 2.75) is 19.4 Å². The summed E-state index contributed by atoms with van der Waals surface area (Å²) in [6.07, 6.45) is 0.557. The average molecular weight is 332 g/mol. The number of carbonyl (C=O) groups is 1. The molecule has 2 heterocycles. The fourth-order valence-corrected chi connectivity index (χ4v) is 4.04. The maximum Gasteiger partial charge on any atom is 0.261 e. The lowest BCUT2D eigenvalue weighted by Gasteiger charge is -2.10. The fourth-order valence-electron chi connectivity index (χ4n) is 2.11. The van der Waals surface area contributed by atoms with Crippen molar-refractivity contribution in [3.63, 3.8) is 0 Å². The van der Waals surface area contributed by atoms with E-state index in [9.17, 15) is 4.79 Å². The second-order valence-electron chi connectivity index (χ2n) is 5.04. The summed E-state index contributed by atoms with van der Waals surface area (Å²) in [5, 5.41) is 12.7. The first-order valence-electron chi connectivity index (χ1n) is 7.05. The van der Waals surface area contributed by atoms with Gasteiger partial charge in [0.1, 0.15) is 5.01 Å². The zero-order valence-electron chi connectivity index (χ0n) is 12.1. The molecule has 1 amide bonds. The number of benzene rings is 1. The lowest BCUT2D eigenvalue weighted by atomic mass is 10.2. The van der Waals surface area contributed by atoms with Gasteiger partial charge in [0.05, 0.1) is 20.0 Å². The number of aliphatic hydroxyl groups is 1. The van der Waals surface area contributed by atoms with Gasteiger partial charge in [0.2, 0.25) is 0 Å². The maximum absolute atomic E-state index is 12.1. The van der Waals surface area contributed by atoms with Crippen LogP contribution in [0.5, 0.6) is 0 Å². The van der Waals surface area contributed by atoms with Gasteiger partial charge < -0.3 is 10.4 Å². The Hall–Kier alpha value is -1.76. The number of amides is 1. The van der Waals surface area contributed by atoms with E-state index in [0.717, 1.165) is 20.1 Å². The highest BCUT2D eigenvalue weighted by molar-refractivity contribution is 7.26. The molecule has 2 N–H and O–H groups in total. The predicted octanol–water partition coefficient (Wildman–Crippen LogP) is 3.53. The van der Waals surface area contributed by atoms with Crippen molar-refractivity contribution in [2.24, 2.45) is 0 Å².